The van der Waals surface area contributed by atoms with Crippen LogP contribution in [0.1, 0.15) is 29.5 Å². The van der Waals surface area contributed by atoms with Crippen molar-refractivity contribution in [2.45, 2.75) is 30.3 Å². The SMILES string of the molecule is Cc1cc(C2C(C)C2(Cl)Cl)cc(C(F)(F)F)c1F. The van der Waals surface area contributed by atoms with Crippen LogP contribution in [0.15, 0.2) is 12.1 Å². The molecular weight excluding hydrogens is 291 g/mol. The molecule has 100 valence electrons. The molecule has 1 fully saturated rings. The Hall–Kier alpha value is -0.480. The largest absolute Gasteiger partial charge is 0.419 e. The Morgan fingerprint density at radius 3 is 2.11 bits per heavy atom. The van der Waals surface area contributed by atoms with Crippen molar-refractivity contribution < 1.29 is 17.6 Å². The minimum atomic E-state index is -4.72. The van der Waals surface area contributed by atoms with Crippen LogP contribution < -0.4 is 0 Å². The molecule has 0 heterocycles. The first kappa shape index (κ1) is 13.9. The molecule has 1 aliphatic rings. The van der Waals surface area contributed by atoms with E-state index in [1.54, 1.807) is 6.92 Å². The van der Waals surface area contributed by atoms with Crippen LogP contribution in [-0.4, -0.2) is 4.33 Å². The van der Waals surface area contributed by atoms with Gasteiger partial charge in [0.15, 0.2) is 0 Å². The number of benzene rings is 1. The third-order valence-electron chi connectivity index (χ3n) is 3.35. The van der Waals surface area contributed by atoms with Gasteiger partial charge in [-0.3, -0.25) is 0 Å². The lowest BCUT2D eigenvalue weighted by Crippen LogP contribution is -2.10. The first-order valence-electron chi connectivity index (χ1n) is 5.32. The highest BCUT2D eigenvalue weighted by molar-refractivity contribution is 6.51. The highest BCUT2D eigenvalue weighted by Crippen LogP contribution is 2.64. The maximum atomic E-state index is 13.5. The van der Waals surface area contributed by atoms with E-state index >= 15 is 0 Å². The molecule has 0 aromatic heterocycles. The second kappa shape index (κ2) is 4.01. The summed E-state index contributed by atoms with van der Waals surface area (Å²) in [5.41, 5.74) is -0.984. The van der Waals surface area contributed by atoms with Gasteiger partial charge in [-0.2, -0.15) is 13.2 Å². The molecule has 0 spiro atoms. The Morgan fingerprint density at radius 2 is 1.72 bits per heavy atom. The number of aryl methyl sites for hydroxylation is 1. The van der Waals surface area contributed by atoms with Gasteiger partial charge in [0.1, 0.15) is 10.2 Å². The van der Waals surface area contributed by atoms with E-state index in [9.17, 15) is 17.6 Å². The third kappa shape index (κ3) is 2.10. The molecule has 1 saturated carbocycles. The van der Waals surface area contributed by atoms with Gasteiger partial charge >= 0.3 is 6.18 Å². The molecule has 0 radical (unpaired) electrons. The second-order valence-corrected chi connectivity index (χ2v) is 6.08. The molecule has 0 bridgehead atoms. The molecule has 18 heavy (non-hydrogen) atoms. The number of hydrogen-bond donors (Lipinski definition) is 0. The van der Waals surface area contributed by atoms with Gasteiger partial charge in [0.25, 0.3) is 0 Å². The predicted octanol–water partition coefficient (Wildman–Crippen LogP) is 5.06. The first-order valence-corrected chi connectivity index (χ1v) is 6.07. The van der Waals surface area contributed by atoms with Crippen molar-refractivity contribution in [1.82, 2.24) is 0 Å². The van der Waals surface area contributed by atoms with E-state index in [2.05, 4.69) is 0 Å². The molecule has 1 aromatic carbocycles. The van der Waals surface area contributed by atoms with Gasteiger partial charge in [0, 0.05) is 5.92 Å². The van der Waals surface area contributed by atoms with Crippen molar-refractivity contribution in [2.75, 3.05) is 0 Å². The summed E-state index contributed by atoms with van der Waals surface area (Å²) in [7, 11) is 0. The van der Waals surface area contributed by atoms with Crippen LogP contribution in [0, 0.1) is 18.7 Å². The fraction of sp³-hybridized carbons (Fsp3) is 0.500. The Bertz CT molecular complexity index is 494. The van der Waals surface area contributed by atoms with E-state index in [1.807, 2.05) is 0 Å². The van der Waals surface area contributed by atoms with Crippen LogP contribution >= 0.6 is 23.2 Å². The first-order chi connectivity index (χ1) is 8.06. The summed E-state index contributed by atoms with van der Waals surface area (Å²) in [5.74, 6) is -1.78. The van der Waals surface area contributed by atoms with Crippen LogP contribution in [0.5, 0.6) is 0 Å². The van der Waals surface area contributed by atoms with Crippen LogP contribution in [-0.2, 0) is 6.18 Å². The summed E-state index contributed by atoms with van der Waals surface area (Å²) in [6.45, 7) is 3.04. The zero-order valence-electron chi connectivity index (χ0n) is 9.58. The molecule has 0 N–H and O–H groups in total. The Morgan fingerprint density at radius 1 is 1.22 bits per heavy atom. The topological polar surface area (TPSA) is 0 Å². The number of alkyl halides is 5. The van der Waals surface area contributed by atoms with Crippen LogP contribution in [0.25, 0.3) is 0 Å². The van der Waals surface area contributed by atoms with E-state index < -0.39 is 21.9 Å². The number of halogens is 6. The van der Waals surface area contributed by atoms with Crippen LogP contribution in [0.4, 0.5) is 17.6 Å². The summed E-state index contributed by atoms with van der Waals surface area (Å²) in [6, 6.07) is 2.17. The lowest BCUT2D eigenvalue weighted by Gasteiger charge is -2.12. The van der Waals surface area contributed by atoms with Gasteiger partial charge in [-0.1, -0.05) is 13.0 Å². The average Bonchev–Trinajstić information content (AvgIpc) is 2.69. The molecule has 1 aliphatic carbocycles. The van der Waals surface area contributed by atoms with E-state index in [0.717, 1.165) is 6.07 Å². The van der Waals surface area contributed by atoms with Crippen molar-refractivity contribution in [1.29, 1.82) is 0 Å². The van der Waals surface area contributed by atoms with Crippen molar-refractivity contribution >= 4 is 23.2 Å². The smallest absolute Gasteiger partial charge is 0.206 e. The van der Waals surface area contributed by atoms with Gasteiger partial charge < -0.3 is 0 Å². The monoisotopic (exact) mass is 300 g/mol. The third-order valence-corrected chi connectivity index (χ3v) is 4.51. The lowest BCUT2D eigenvalue weighted by molar-refractivity contribution is -0.140. The fourth-order valence-corrected chi connectivity index (χ4v) is 2.93. The standard InChI is InChI=1S/C12H10Cl2F4/c1-5-3-7(9-6(2)11(9,13)14)4-8(10(5)15)12(16,17)18/h3-4,6,9H,1-2H3. The predicted molar refractivity (Wildman–Crippen MR) is 62.5 cm³/mol. The zero-order chi connectivity index (χ0) is 13.9. The maximum Gasteiger partial charge on any atom is 0.419 e. The molecule has 0 nitrogen and oxygen atoms in total. The molecule has 2 unspecified atom stereocenters. The molecule has 2 rings (SSSR count). The minimum Gasteiger partial charge on any atom is -0.206 e. The second-order valence-electron chi connectivity index (χ2n) is 4.64. The molecule has 6 heteroatoms. The van der Waals surface area contributed by atoms with Crippen molar-refractivity contribution in [3.8, 4) is 0 Å². The highest BCUT2D eigenvalue weighted by Gasteiger charge is 2.61. The normalized spacial score (nSPS) is 26.2. The van der Waals surface area contributed by atoms with Gasteiger partial charge in [-0.05, 0) is 30.0 Å². The Labute approximate surface area is 112 Å². The Kier molecular flexibility index (Phi) is 3.10. The fourth-order valence-electron chi connectivity index (χ4n) is 2.17. The average molecular weight is 301 g/mol. The van der Waals surface area contributed by atoms with E-state index in [4.69, 9.17) is 23.2 Å². The number of hydrogen-bond acceptors (Lipinski definition) is 0. The van der Waals surface area contributed by atoms with E-state index in [-0.39, 0.29) is 17.4 Å². The van der Waals surface area contributed by atoms with Gasteiger partial charge in [0.2, 0.25) is 0 Å². The van der Waals surface area contributed by atoms with E-state index in [1.165, 1.54) is 13.0 Å². The van der Waals surface area contributed by atoms with Crippen LogP contribution in [0.3, 0.4) is 0 Å². The van der Waals surface area contributed by atoms with Crippen LogP contribution in [0.2, 0.25) is 0 Å². The lowest BCUT2D eigenvalue weighted by atomic mass is 10.0. The minimum absolute atomic E-state index is 0.0527. The summed E-state index contributed by atoms with van der Waals surface area (Å²) < 4.78 is 50.4. The Balaban J connectivity index is 2.50. The van der Waals surface area contributed by atoms with Crippen molar-refractivity contribution in [3.63, 3.8) is 0 Å². The molecule has 0 amide bonds. The summed E-state index contributed by atoms with van der Waals surface area (Å²) >= 11 is 11.9. The highest BCUT2D eigenvalue weighted by atomic mass is 35.5. The van der Waals surface area contributed by atoms with E-state index in [0.29, 0.717) is 5.56 Å². The molecule has 1 aromatic rings. The maximum absolute atomic E-state index is 13.5. The summed E-state index contributed by atoms with van der Waals surface area (Å²) in [4.78, 5) is 0. The summed E-state index contributed by atoms with van der Waals surface area (Å²) in [5, 5.41) is 0. The summed E-state index contributed by atoms with van der Waals surface area (Å²) in [6.07, 6.45) is -4.72. The molecule has 2 atom stereocenters. The molecule has 0 aliphatic heterocycles. The van der Waals surface area contributed by atoms with Gasteiger partial charge in [0.05, 0.1) is 5.56 Å². The van der Waals surface area contributed by atoms with Crippen molar-refractivity contribution in [3.05, 3.63) is 34.6 Å². The van der Waals surface area contributed by atoms with Gasteiger partial charge in [-0.25, -0.2) is 4.39 Å². The molecule has 0 saturated heterocycles. The molecular formula is C12H10Cl2F4. The van der Waals surface area contributed by atoms with Gasteiger partial charge in [-0.15, -0.1) is 23.2 Å². The zero-order valence-corrected chi connectivity index (χ0v) is 11.1. The quantitative estimate of drug-likeness (QED) is 0.502. The van der Waals surface area contributed by atoms with Crippen molar-refractivity contribution in [2.24, 2.45) is 5.92 Å². The number of rotatable bonds is 1.